The van der Waals surface area contributed by atoms with Crippen LogP contribution in [0.3, 0.4) is 0 Å². The molecule has 39 heavy (non-hydrogen) atoms. The van der Waals surface area contributed by atoms with Crippen molar-refractivity contribution in [3.05, 3.63) is 65.0 Å². The van der Waals surface area contributed by atoms with Crippen molar-refractivity contribution in [2.24, 2.45) is 0 Å². The molecule has 2 saturated heterocycles. The summed E-state index contributed by atoms with van der Waals surface area (Å²) >= 11 is 0. The first kappa shape index (κ1) is 25.0. The van der Waals surface area contributed by atoms with Gasteiger partial charge in [-0.05, 0) is 87.0 Å². The quantitative estimate of drug-likeness (QED) is 0.397. The third-order valence-electron chi connectivity index (χ3n) is 9.49. The fraction of sp³-hybridized carbons (Fsp3) is 0.515. The van der Waals surface area contributed by atoms with Crippen molar-refractivity contribution in [3.63, 3.8) is 0 Å². The van der Waals surface area contributed by atoms with Crippen LogP contribution in [0.2, 0.25) is 0 Å². The summed E-state index contributed by atoms with van der Waals surface area (Å²) in [4.78, 5) is 15.4. The van der Waals surface area contributed by atoms with Gasteiger partial charge in [0.1, 0.15) is 6.61 Å². The van der Waals surface area contributed by atoms with E-state index in [4.69, 9.17) is 19.4 Å². The topological polar surface area (TPSA) is 50.7 Å². The highest BCUT2D eigenvalue weighted by atomic mass is 16.5. The first-order valence-electron chi connectivity index (χ1n) is 15.0. The molecule has 6 nitrogen and oxygen atoms in total. The van der Waals surface area contributed by atoms with Crippen LogP contribution in [0.5, 0.6) is 6.01 Å². The second-order valence-corrected chi connectivity index (χ2v) is 11.7. The first-order valence-corrected chi connectivity index (χ1v) is 15.0. The maximum absolute atomic E-state index is 6.53. The summed E-state index contributed by atoms with van der Waals surface area (Å²) in [6, 6.07) is 13.9. The van der Waals surface area contributed by atoms with Gasteiger partial charge < -0.3 is 14.4 Å². The van der Waals surface area contributed by atoms with Crippen LogP contribution in [0.15, 0.2) is 42.5 Å². The summed E-state index contributed by atoms with van der Waals surface area (Å²) < 4.78 is 12.3. The number of hydrogen-bond donors (Lipinski definition) is 0. The predicted molar refractivity (Wildman–Crippen MR) is 156 cm³/mol. The van der Waals surface area contributed by atoms with E-state index in [-0.39, 0.29) is 5.54 Å². The Morgan fingerprint density at radius 3 is 2.67 bits per heavy atom. The fourth-order valence-corrected chi connectivity index (χ4v) is 7.48. The van der Waals surface area contributed by atoms with E-state index in [0.717, 1.165) is 63.4 Å². The van der Waals surface area contributed by atoms with Gasteiger partial charge in [-0.3, -0.25) is 4.90 Å². The first-order chi connectivity index (χ1) is 19.2. The Kier molecular flexibility index (Phi) is 6.77. The van der Waals surface area contributed by atoms with E-state index in [1.807, 2.05) is 0 Å². The van der Waals surface area contributed by atoms with Gasteiger partial charge in [-0.25, -0.2) is 0 Å². The Morgan fingerprint density at radius 1 is 0.974 bits per heavy atom. The Morgan fingerprint density at radius 2 is 1.82 bits per heavy atom. The molecule has 6 heteroatoms. The average molecular weight is 525 g/mol. The van der Waals surface area contributed by atoms with E-state index in [2.05, 4.69) is 59.2 Å². The van der Waals surface area contributed by atoms with Gasteiger partial charge in [0.15, 0.2) is 0 Å². The number of fused-ring (bicyclic) bond motifs is 3. The molecule has 204 valence electrons. The molecule has 0 bridgehead atoms. The van der Waals surface area contributed by atoms with Gasteiger partial charge in [0, 0.05) is 23.2 Å². The van der Waals surface area contributed by atoms with Crippen LogP contribution in [-0.4, -0.2) is 59.9 Å². The van der Waals surface area contributed by atoms with Crippen molar-refractivity contribution in [2.75, 3.05) is 44.4 Å². The number of hydrogen-bond acceptors (Lipinski definition) is 6. The van der Waals surface area contributed by atoms with Crippen molar-refractivity contribution in [3.8, 4) is 6.01 Å². The molecule has 0 aliphatic carbocycles. The number of benzene rings is 2. The SMILES string of the molecule is CCc1cccc2cccc(N3CCc4c(nc(OCC56CCCN5CCC6)nc4C4=CCCOCC4)C3)c12. The molecule has 5 heterocycles. The van der Waals surface area contributed by atoms with Crippen molar-refractivity contribution in [1.82, 2.24) is 14.9 Å². The molecule has 0 amide bonds. The molecule has 2 fully saturated rings. The Balaban J connectivity index is 1.25. The Hall–Kier alpha value is -2.96. The van der Waals surface area contributed by atoms with Crippen LogP contribution >= 0.6 is 0 Å². The monoisotopic (exact) mass is 524 g/mol. The van der Waals surface area contributed by atoms with Crippen molar-refractivity contribution >= 4 is 22.0 Å². The third kappa shape index (κ3) is 4.62. The van der Waals surface area contributed by atoms with E-state index in [9.17, 15) is 0 Å². The molecule has 4 aliphatic heterocycles. The van der Waals surface area contributed by atoms with E-state index < -0.39 is 0 Å². The van der Waals surface area contributed by atoms with E-state index in [1.165, 1.54) is 71.9 Å². The zero-order valence-corrected chi connectivity index (χ0v) is 23.3. The standard InChI is InChI=1S/C33H40N4O2/c1-2-24-8-3-9-25-10-4-12-29(30(24)25)36-19-13-27-28(22-36)34-32(35-31(27)26-11-5-20-38-21-14-26)39-23-33-15-6-17-37(33)18-7-16-33/h3-4,8-12H,2,5-7,13-23H2,1H3. The lowest BCUT2D eigenvalue weighted by atomic mass is 9.94. The third-order valence-corrected chi connectivity index (χ3v) is 9.49. The molecule has 0 unspecified atom stereocenters. The minimum Gasteiger partial charge on any atom is -0.461 e. The smallest absolute Gasteiger partial charge is 0.317 e. The number of ether oxygens (including phenoxy) is 2. The summed E-state index contributed by atoms with van der Waals surface area (Å²) in [7, 11) is 0. The molecule has 1 aromatic heterocycles. The largest absolute Gasteiger partial charge is 0.461 e. The van der Waals surface area contributed by atoms with Gasteiger partial charge in [-0.2, -0.15) is 9.97 Å². The van der Waals surface area contributed by atoms with Crippen LogP contribution in [0.25, 0.3) is 16.3 Å². The maximum atomic E-state index is 6.53. The van der Waals surface area contributed by atoms with E-state index >= 15 is 0 Å². The average Bonchev–Trinajstić information content (AvgIpc) is 3.44. The predicted octanol–water partition coefficient (Wildman–Crippen LogP) is 5.96. The van der Waals surface area contributed by atoms with Crippen LogP contribution in [0.4, 0.5) is 5.69 Å². The summed E-state index contributed by atoms with van der Waals surface area (Å²) in [5.74, 6) is 0. The molecule has 0 radical (unpaired) electrons. The Labute approximate surface area is 232 Å². The fourth-order valence-electron chi connectivity index (χ4n) is 7.48. The van der Waals surface area contributed by atoms with Crippen LogP contribution < -0.4 is 9.64 Å². The van der Waals surface area contributed by atoms with Crippen molar-refractivity contribution in [1.29, 1.82) is 0 Å². The van der Waals surface area contributed by atoms with Gasteiger partial charge in [-0.15, -0.1) is 0 Å². The molecule has 4 aliphatic rings. The van der Waals surface area contributed by atoms with Gasteiger partial charge in [0.05, 0.1) is 36.7 Å². The van der Waals surface area contributed by atoms with Crippen LogP contribution in [0, 0.1) is 0 Å². The molecule has 7 rings (SSSR count). The molecule has 2 aromatic carbocycles. The zero-order valence-electron chi connectivity index (χ0n) is 23.3. The highest BCUT2D eigenvalue weighted by Crippen LogP contribution is 2.40. The zero-order chi connectivity index (χ0) is 26.2. The maximum Gasteiger partial charge on any atom is 0.317 e. The lowest BCUT2D eigenvalue weighted by Gasteiger charge is -2.33. The van der Waals surface area contributed by atoms with E-state index in [1.54, 1.807) is 0 Å². The van der Waals surface area contributed by atoms with Crippen molar-refractivity contribution in [2.45, 2.75) is 70.4 Å². The summed E-state index contributed by atoms with van der Waals surface area (Å²) in [5, 5.41) is 2.69. The second-order valence-electron chi connectivity index (χ2n) is 11.7. The lowest BCUT2D eigenvalue weighted by molar-refractivity contribution is 0.107. The number of nitrogens with zero attached hydrogens (tertiary/aromatic N) is 4. The highest BCUT2D eigenvalue weighted by molar-refractivity contribution is 5.97. The summed E-state index contributed by atoms with van der Waals surface area (Å²) in [5.41, 5.74) is 7.70. The Bertz CT molecular complexity index is 1380. The number of aromatic nitrogens is 2. The van der Waals surface area contributed by atoms with Crippen LogP contribution in [0.1, 0.15) is 68.0 Å². The summed E-state index contributed by atoms with van der Waals surface area (Å²) in [6.07, 6.45) is 11.1. The lowest BCUT2D eigenvalue weighted by Crippen LogP contribution is -2.43. The molecular weight excluding hydrogens is 484 g/mol. The summed E-state index contributed by atoms with van der Waals surface area (Å²) in [6.45, 7) is 8.62. The highest BCUT2D eigenvalue weighted by Gasteiger charge is 2.45. The minimum atomic E-state index is 0.181. The normalized spacial score (nSPS) is 20.9. The molecular formula is C33H40N4O2. The van der Waals surface area contributed by atoms with Crippen molar-refractivity contribution < 1.29 is 9.47 Å². The molecule has 0 N–H and O–H groups in total. The molecule has 0 spiro atoms. The number of aryl methyl sites for hydroxylation is 1. The second kappa shape index (κ2) is 10.5. The van der Waals surface area contributed by atoms with Gasteiger partial charge in [0.2, 0.25) is 0 Å². The minimum absolute atomic E-state index is 0.181. The van der Waals surface area contributed by atoms with Gasteiger partial charge in [-0.1, -0.05) is 43.3 Å². The molecule has 0 atom stereocenters. The molecule has 0 saturated carbocycles. The van der Waals surface area contributed by atoms with E-state index in [0.29, 0.717) is 12.6 Å². The van der Waals surface area contributed by atoms with Gasteiger partial charge in [0.25, 0.3) is 0 Å². The molecule has 3 aromatic rings. The number of anilines is 1. The van der Waals surface area contributed by atoms with Crippen LogP contribution in [-0.2, 0) is 24.1 Å². The van der Waals surface area contributed by atoms with Gasteiger partial charge >= 0.3 is 6.01 Å². The number of rotatable bonds is 6.